The summed E-state index contributed by atoms with van der Waals surface area (Å²) in [5.74, 6) is 0.0181. The maximum absolute atomic E-state index is 12.3. The molecule has 1 aliphatic heterocycles. The van der Waals surface area contributed by atoms with Crippen LogP contribution in [-0.4, -0.2) is 31.0 Å². The Balaban J connectivity index is 1.47. The van der Waals surface area contributed by atoms with Gasteiger partial charge >= 0.3 is 5.97 Å². The molecule has 0 saturated carbocycles. The number of carbonyl (C=O) groups excluding carboxylic acids is 3. The zero-order chi connectivity index (χ0) is 21.3. The van der Waals surface area contributed by atoms with Crippen LogP contribution in [0.5, 0.6) is 5.75 Å². The number of nitrogens with one attached hydrogen (secondary N) is 2. The Morgan fingerprint density at radius 1 is 1.07 bits per heavy atom. The minimum Gasteiger partial charge on any atom is -0.427 e. The van der Waals surface area contributed by atoms with Gasteiger partial charge < -0.3 is 20.1 Å². The van der Waals surface area contributed by atoms with Gasteiger partial charge in [0.2, 0.25) is 5.91 Å². The summed E-state index contributed by atoms with van der Waals surface area (Å²) in [6, 6.07) is 13.8. The summed E-state index contributed by atoms with van der Waals surface area (Å²) in [6.45, 7) is 3.11. The topological polar surface area (TPSA) is 93.7 Å². The van der Waals surface area contributed by atoms with Crippen molar-refractivity contribution in [3.63, 3.8) is 0 Å². The van der Waals surface area contributed by atoms with Crippen molar-refractivity contribution in [2.24, 2.45) is 5.92 Å². The molecule has 158 valence electrons. The van der Waals surface area contributed by atoms with E-state index in [0.29, 0.717) is 30.2 Å². The normalized spacial score (nSPS) is 14.0. The van der Waals surface area contributed by atoms with Crippen molar-refractivity contribution in [2.45, 2.75) is 32.7 Å². The van der Waals surface area contributed by atoms with Gasteiger partial charge in [-0.05, 0) is 54.7 Å². The van der Waals surface area contributed by atoms with Crippen LogP contribution >= 0.6 is 0 Å². The largest absolute Gasteiger partial charge is 0.427 e. The van der Waals surface area contributed by atoms with Gasteiger partial charge in [0.1, 0.15) is 5.75 Å². The number of amides is 2. The summed E-state index contributed by atoms with van der Waals surface area (Å²) >= 11 is 0. The first-order valence-electron chi connectivity index (χ1n) is 10.0. The molecule has 1 heterocycles. The molecule has 2 aromatic carbocycles. The summed E-state index contributed by atoms with van der Waals surface area (Å²) in [6.07, 6.45) is 2.36. The maximum Gasteiger partial charge on any atom is 0.308 e. The third kappa shape index (κ3) is 6.70. The van der Waals surface area contributed by atoms with Gasteiger partial charge in [-0.2, -0.15) is 0 Å². The number of carbonyl (C=O) groups is 3. The van der Waals surface area contributed by atoms with Crippen molar-refractivity contribution in [3.05, 3.63) is 59.7 Å². The molecule has 0 spiro atoms. The van der Waals surface area contributed by atoms with E-state index in [1.54, 1.807) is 18.2 Å². The van der Waals surface area contributed by atoms with E-state index in [2.05, 4.69) is 10.6 Å². The molecule has 1 fully saturated rings. The van der Waals surface area contributed by atoms with E-state index >= 15 is 0 Å². The molecule has 0 aliphatic carbocycles. The predicted octanol–water partition coefficient (Wildman–Crippen LogP) is 3.30. The Morgan fingerprint density at radius 2 is 1.80 bits per heavy atom. The second kappa shape index (κ2) is 10.5. The highest BCUT2D eigenvalue weighted by atomic mass is 16.5. The smallest absolute Gasteiger partial charge is 0.308 e. The summed E-state index contributed by atoms with van der Waals surface area (Å²) in [5, 5.41) is 5.75. The molecule has 3 rings (SSSR count). The molecular formula is C23H26N2O5. The van der Waals surface area contributed by atoms with E-state index in [1.165, 1.54) is 13.0 Å². The lowest BCUT2D eigenvalue weighted by Gasteiger charge is -2.21. The van der Waals surface area contributed by atoms with Crippen LogP contribution in [-0.2, 0) is 20.9 Å². The van der Waals surface area contributed by atoms with Gasteiger partial charge in [0.15, 0.2) is 0 Å². The number of benzene rings is 2. The Hall–Kier alpha value is -3.19. The van der Waals surface area contributed by atoms with Gasteiger partial charge in [-0.3, -0.25) is 14.4 Å². The van der Waals surface area contributed by atoms with Gasteiger partial charge in [-0.25, -0.2) is 0 Å². The number of hydrogen-bond donors (Lipinski definition) is 2. The first-order chi connectivity index (χ1) is 14.5. The van der Waals surface area contributed by atoms with E-state index in [4.69, 9.17) is 9.47 Å². The van der Waals surface area contributed by atoms with Crippen LogP contribution in [0.15, 0.2) is 48.5 Å². The molecule has 2 N–H and O–H groups in total. The number of hydrogen-bond acceptors (Lipinski definition) is 5. The lowest BCUT2D eigenvalue weighted by Crippen LogP contribution is -2.23. The Labute approximate surface area is 175 Å². The van der Waals surface area contributed by atoms with Gasteiger partial charge in [0.05, 0.1) is 0 Å². The van der Waals surface area contributed by atoms with Crippen LogP contribution in [0.3, 0.4) is 0 Å². The van der Waals surface area contributed by atoms with Crippen LogP contribution in [0.4, 0.5) is 5.69 Å². The molecule has 7 heteroatoms. The third-order valence-corrected chi connectivity index (χ3v) is 4.86. The van der Waals surface area contributed by atoms with E-state index in [1.807, 2.05) is 24.3 Å². The van der Waals surface area contributed by atoms with Crippen molar-refractivity contribution < 1.29 is 23.9 Å². The van der Waals surface area contributed by atoms with Crippen molar-refractivity contribution >= 4 is 23.5 Å². The number of esters is 1. The maximum atomic E-state index is 12.3. The van der Waals surface area contributed by atoms with Crippen molar-refractivity contribution in [2.75, 3.05) is 18.5 Å². The molecule has 30 heavy (non-hydrogen) atoms. The van der Waals surface area contributed by atoms with E-state index in [-0.39, 0.29) is 11.8 Å². The summed E-state index contributed by atoms with van der Waals surface area (Å²) in [5.41, 5.74) is 2.05. The lowest BCUT2D eigenvalue weighted by atomic mass is 9.96. The fraction of sp³-hybridized carbons (Fsp3) is 0.348. The first kappa shape index (κ1) is 21.5. The van der Waals surface area contributed by atoms with Crippen LogP contribution in [0, 0.1) is 5.92 Å². The summed E-state index contributed by atoms with van der Waals surface area (Å²) in [7, 11) is 0. The zero-order valence-corrected chi connectivity index (χ0v) is 17.0. The molecule has 0 bridgehead atoms. The molecular weight excluding hydrogens is 384 g/mol. The average Bonchev–Trinajstić information content (AvgIpc) is 2.73. The van der Waals surface area contributed by atoms with Gasteiger partial charge in [0.25, 0.3) is 5.91 Å². The highest BCUT2D eigenvalue weighted by Gasteiger charge is 2.17. The van der Waals surface area contributed by atoms with E-state index < -0.39 is 5.97 Å². The number of ether oxygens (including phenoxy) is 2. The highest BCUT2D eigenvalue weighted by Crippen LogP contribution is 2.19. The summed E-state index contributed by atoms with van der Waals surface area (Å²) in [4.78, 5) is 35.6. The fourth-order valence-corrected chi connectivity index (χ4v) is 3.28. The van der Waals surface area contributed by atoms with Crippen molar-refractivity contribution in [1.82, 2.24) is 5.32 Å². The monoisotopic (exact) mass is 410 g/mol. The minimum atomic E-state index is -0.438. The molecule has 7 nitrogen and oxygen atoms in total. The molecule has 0 aromatic heterocycles. The number of rotatable bonds is 7. The fourth-order valence-electron chi connectivity index (χ4n) is 3.28. The lowest BCUT2D eigenvalue weighted by molar-refractivity contribution is -0.131. The zero-order valence-electron chi connectivity index (χ0n) is 17.0. The first-order valence-corrected chi connectivity index (χ1v) is 10.0. The standard InChI is InChI=1S/C23H26N2O5/c1-16(26)30-21-4-2-3-19(14-21)23(28)24-15-18-5-7-20(8-6-18)25-22(27)13-17-9-11-29-12-10-17/h2-8,14,17H,9-13,15H2,1H3,(H,24,28)(H,25,27). The summed E-state index contributed by atoms with van der Waals surface area (Å²) < 4.78 is 10.3. The molecule has 0 radical (unpaired) electrons. The van der Waals surface area contributed by atoms with Crippen LogP contribution in [0.25, 0.3) is 0 Å². The minimum absolute atomic E-state index is 0.00983. The highest BCUT2D eigenvalue weighted by molar-refractivity contribution is 5.94. The van der Waals surface area contributed by atoms with Gasteiger partial charge in [-0.15, -0.1) is 0 Å². The quantitative estimate of drug-likeness (QED) is 0.540. The Kier molecular flexibility index (Phi) is 7.57. The second-order valence-corrected chi connectivity index (χ2v) is 7.31. The van der Waals surface area contributed by atoms with Crippen LogP contribution in [0.1, 0.15) is 42.1 Å². The van der Waals surface area contributed by atoms with E-state index in [9.17, 15) is 14.4 Å². The second-order valence-electron chi connectivity index (χ2n) is 7.31. The van der Waals surface area contributed by atoms with Gasteiger partial charge in [-0.1, -0.05) is 18.2 Å². The molecule has 2 aromatic rings. The molecule has 2 amide bonds. The molecule has 0 unspecified atom stereocenters. The van der Waals surface area contributed by atoms with Gasteiger partial charge in [0, 0.05) is 44.4 Å². The average molecular weight is 410 g/mol. The number of anilines is 1. The van der Waals surface area contributed by atoms with Crippen LogP contribution in [0.2, 0.25) is 0 Å². The SMILES string of the molecule is CC(=O)Oc1cccc(C(=O)NCc2ccc(NC(=O)CC3CCOCC3)cc2)c1. The molecule has 1 saturated heterocycles. The predicted molar refractivity (Wildman–Crippen MR) is 112 cm³/mol. The van der Waals surface area contributed by atoms with Crippen molar-refractivity contribution in [3.8, 4) is 5.75 Å². The van der Waals surface area contributed by atoms with Crippen molar-refractivity contribution in [1.29, 1.82) is 0 Å². The van der Waals surface area contributed by atoms with Crippen LogP contribution < -0.4 is 15.4 Å². The third-order valence-electron chi connectivity index (χ3n) is 4.86. The van der Waals surface area contributed by atoms with E-state index in [0.717, 1.165) is 37.3 Å². The Bertz CT molecular complexity index is 889. The molecule has 1 aliphatic rings. The Morgan fingerprint density at radius 3 is 2.50 bits per heavy atom. The molecule has 0 atom stereocenters.